The van der Waals surface area contributed by atoms with E-state index in [1.165, 1.54) is 11.8 Å². The van der Waals surface area contributed by atoms with Crippen LogP contribution < -0.4 is 0 Å². The largest absolute Gasteiger partial charge is 0.278 e. The molecule has 1 saturated heterocycles. The van der Waals surface area contributed by atoms with Gasteiger partial charge in [0.05, 0.1) is 11.7 Å². The van der Waals surface area contributed by atoms with Gasteiger partial charge in [0, 0.05) is 5.49 Å². The minimum Gasteiger partial charge on any atom is -0.278 e. The average molecular weight is 193 g/mol. The van der Waals surface area contributed by atoms with Crippen molar-refractivity contribution in [3.05, 3.63) is 0 Å². The van der Waals surface area contributed by atoms with Gasteiger partial charge in [0.15, 0.2) is 0 Å². The SMILES string of the molecule is O=C1CC(SCP)C(=O)N1O. The van der Waals surface area contributed by atoms with Gasteiger partial charge in [0.25, 0.3) is 11.8 Å². The van der Waals surface area contributed by atoms with Crippen LogP contribution in [0.15, 0.2) is 0 Å². The Bertz CT molecular complexity index is 198. The molecule has 1 N–H and O–H groups in total. The van der Waals surface area contributed by atoms with Crippen LogP contribution >= 0.6 is 21.0 Å². The molecule has 62 valence electrons. The second-order valence-corrected chi connectivity index (χ2v) is 4.31. The molecule has 0 bridgehead atoms. The van der Waals surface area contributed by atoms with Crippen molar-refractivity contribution in [1.29, 1.82) is 0 Å². The van der Waals surface area contributed by atoms with E-state index in [-0.39, 0.29) is 16.7 Å². The molecule has 1 fully saturated rings. The molecule has 0 aromatic rings. The third-order valence-electron chi connectivity index (χ3n) is 1.38. The molecule has 0 aromatic heterocycles. The predicted molar refractivity (Wildman–Crippen MR) is 44.2 cm³/mol. The van der Waals surface area contributed by atoms with Crippen LogP contribution in [0.2, 0.25) is 0 Å². The van der Waals surface area contributed by atoms with Crippen molar-refractivity contribution >= 4 is 32.8 Å². The Morgan fingerprint density at radius 3 is 2.73 bits per heavy atom. The van der Waals surface area contributed by atoms with E-state index < -0.39 is 11.8 Å². The van der Waals surface area contributed by atoms with Crippen molar-refractivity contribution in [1.82, 2.24) is 5.06 Å². The molecule has 0 aromatic carbocycles. The monoisotopic (exact) mass is 193 g/mol. The standard InChI is InChI=1S/C5H8NO3PS/c7-4-1-3(11-2-10)5(8)6(4)9/h3,9H,1-2,10H2. The molecule has 0 aliphatic carbocycles. The third kappa shape index (κ3) is 1.72. The Morgan fingerprint density at radius 2 is 2.36 bits per heavy atom. The van der Waals surface area contributed by atoms with Gasteiger partial charge in [-0.25, -0.2) is 0 Å². The van der Waals surface area contributed by atoms with Crippen molar-refractivity contribution in [2.75, 3.05) is 5.49 Å². The molecule has 2 amide bonds. The number of nitrogens with zero attached hydrogens (tertiary/aromatic N) is 1. The molecule has 0 spiro atoms. The normalized spacial score (nSPS) is 24.9. The van der Waals surface area contributed by atoms with Gasteiger partial charge >= 0.3 is 0 Å². The summed E-state index contributed by atoms with van der Waals surface area (Å²) in [7, 11) is 2.45. The van der Waals surface area contributed by atoms with Gasteiger partial charge in [-0.3, -0.25) is 14.8 Å². The van der Waals surface area contributed by atoms with Crippen LogP contribution in [-0.4, -0.2) is 32.8 Å². The highest BCUT2D eigenvalue weighted by Crippen LogP contribution is 2.24. The number of rotatable bonds is 2. The minimum absolute atomic E-state index is 0.119. The summed E-state index contributed by atoms with van der Waals surface area (Å²) in [5.41, 5.74) is 0.692. The fraction of sp³-hybridized carbons (Fsp3) is 0.600. The van der Waals surface area contributed by atoms with E-state index in [1.807, 2.05) is 0 Å². The fourth-order valence-corrected chi connectivity index (χ4v) is 2.27. The lowest BCUT2D eigenvalue weighted by atomic mass is 10.4. The zero-order valence-corrected chi connectivity index (χ0v) is 7.66. The molecule has 0 saturated carbocycles. The zero-order valence-electron chi connectivity index (χ0n) is 5.69. The van der Waals surface area contributed by atoms with Gasteiger partial charge in [-0.2, -0.15) is 5.06 Å². The number of carbonyl (C=O) groups excluding carboxylic acids is 2. The first kappa shape index (κ1) is 8.97. The van der Waals surface area contributed by atoms with Gasteiger partial charge < -0.3 is 0 Å². The van der Waals surface area contributed by atoms with E-state index >= 15 is 0 Å². The Morgan fingerprint density at radius 1 is 1.73 bits per heavy atom. The number of hydrogen-bond donors (Lipinski definition) is 1. The maximum atomic E-state index is 10.9. The van der Waals surface area contributed by atoms with Gasteiger partial charge in [-0.1, -0.05) is 0 Å². The van der Waals surface area contributed by atoms with Crippen LogP contribution in [-0.2, 0) is 9.59 Å². The third-order valence-corrected chi connectivity index (χ3v) is 2.92. The van der Waals surface area contributed by atoms with Crippen LogP contribution in [0.4, 0.5) is 0 Å². The number of imide groups is 1. The van der Waals surface area contributed by atoms with E-state index in [0.717, 1.165) is 0 Å². The summed E-state index contributed by atoms with van der Waals surface area (Å²) in [6.45, 7) is 0. The summed E-state index contributed by atoms with van der Waals surface area (Å²) in [5, 5.41) is 8.60. The highest BCUT2D eigenvalue weighted by Gasteiger charge is 2.37. The van der Waals surface area contributed by atoms with E-state index in [1.54, 1.807) is 0 Å². The molecule has 11 heavy (non-hydrogen) atoms. The number of hydroxylamine groups is 2. The van der Waals surface area contributed by atoms with E-state index in [2.05, 4.69) is 9.24 Å². The van der Waals surface area contributed by atoms with Crippen LogP contribution in [0.3, 0.4) is 0 Å². The van der Waals surface area contributed by atoms with E-state index in [0.29, 0.717) is 5.49 Å². The second kappa shape index (κ2) is 3.52. The summed E-state index contributed by atoms with van der Waals surface area (Å²) in [5.74, 6) is -1.01. The van der Waals surface area contributed by atoms with Crippen molar-refractivity contribution < 1.29 is 14.8 Å². The lowest BCUT2D eigenvalue weighted by molar-refractivity contribution is -0.170. The molecule has 6 heteroatoms. The Labute approximate surface area is 70.5 Å². The van der Waals surface area contributed by atoms with Crippen molar-refractivity contribution in [2.45, 2.75) is 11.7 Å². The first-order chi connectivity index (χ1) is 5.16. The number of hydrogen-bond acceptors (Lipinski definition) is 4. The average Bonchev–Trinajstić information content (AvgIpc) is 2.19. The van der Waals surface area contributed by atoms with Gasteiger partial charge in [-0.15, -0.1) is 21.0 Å². The molecular formula is C5H8NO3PS. The maximum Gasteiger partial charge on any atom is 0.266 e. The summed E-state index contributed by atoms with van der Waals surface area (Å²) >= 11 is 1.35. The van der Waals surface area contributed by atoms with Crippen molar-refractivity contribution in [3.63, 3.8) is 0 Å². The minimum atomic E-state index is -0.508. The highest BCUT2D eigenvalue weighted by atomic mass is 32.2. The smallest absolute Gasteiger partial charge is 0.266 e. The molecule has 2 atom stereocenters. The van der Waals surface area contributed by atoms with E-state index in [4.69, 9.17) is 5.21 Å². The Hall–Kier alpha value is -0.120. The topological polar surface area (TPSA) is 57.6 Å². The summed E-state index contributed by atoms with van der Waals surface area (Å²) < 4.78 is 0. The van der Waals surface area contributed by atoms with Crippen LogP contribution in [0.25, 0.3) is 0 Å². The highest BCUT2D eigenvalue weighted by molar-refractivity contribution is 8.03. The predicted octanol–water partition coefficient (Wildman–Crippen LogP) is 0.0689. The molecule has 4 nitrogen and oxygen atoms in total. The lowest BCUT2D eigenvalue weighted by Gasteiger charge is -2.04. The summed E-state index contributed by atoms with van der Waals surface area (Å²) in [6.07, 6.45) is 0.119. The molecule has 1 rings (SSSR count). The number of amides is 2. The molecule has 0 radical (unpaired) electrons. The summed E-state index contributed by atoms with van der Waals surface area (Å²) in [6, 6.07) is 0. The van der Waals surface area contributed by atoms with E-state index in [9.17, 15) is 9.59 Å². The van der Waals surface area contributed by atoms with Gasteiger partial charge in [-0.05, 0) is 0 Å². The fourth-order valence-electron chi connectivity index (χ4n) is 0.838. The maximum absolute atomic E-state index is 10.9. The van der Waals surface area contributed by atoms with Crippen molar-refractivity contribution in [2.24, 2.45) is 0 Å². The quantitative estimate of drug-likeness (QED) is 0.383. The van der Waals surface area contributed by atoms with Crippen molar-refractivity contribution in [3.8, 4) is 0 Å². The lowest BCUT2D eigenvalue weighted by Crippen LogP contribution is -2.27. The number of thioether (sulfide) groups is 1. The molecule has 1 aliphatic rings. The van der Waals surface area contributed by atoms with Crippen LogP contribution in [0.5, 0.6) is 0 Å². The molecular weight excluding hydrogens is 185 g/mol. The Kier molecular flexibility index (Phi) is 2.87. The first-order valence-electron chi connectivity index (χ1n) is 3.04. The van der Waals surface area contributed by atoms with Gasteiger partial charge in [0.1, 0.15) is 0 Å². The molecule has 2 unspecified atom stereocenters. The van der Waals surface area contributed by atoms with Crippen LogP contribution in [0.1, 0.15) is 6.42 Å². The summed E-state index contributed by atoms with van der Waals surface area (Å²) in [4.78, 5) is 21.6. The molecule has 1 heterocycles. The van der Waals surface area contributed by atoms with Crippen LogP contribution in [0, 0.1) is 0 Å². The van der Waals surface area contributed by atoms with Gasteiger partial charge in [0.2, 0.25) is 0 Å². The first-order valence-corrected chi connectivity index (χ1v) is 4.90. The zero-order chi connectivity index (χ0) is 8.43. The Balaban J connectivity index is 2.60. The number of carbonyl (C=O) groups is 2. The second-order valence-electron chi connectivity index (χ2n) is 2.07. The molecule has 1 aliphatic heterocycles.